The van der Waals surface area contributed by atoms with Crippen LogP contribution in [0.5, 0.6) is 0 Å². The zero-order valence-electron chi connectivity index (χ0n) is 14.5. The van der Waals surface area contributed by atoms with E-state index in [4.69, 9.17) is 11.6 Å². The minimum absolute atomic E-state index is 0.109. The number of hydrogen-bond acceptors (Lipinski definition) is 3. The van der Waals surface area contributed by atoms with Gasteiger partial charge in [0.2, 0.25) is 5.91 Å². The molecule has 26 heavy (non-hydrogen) atoms. The van der Waals surface area contributed by atoms with Crippen LogP contribution in [0.3, 0.4) is 0 Å². The highest BCUT2D eigenvalue weighted by Gasteiger charge is 2.21. The molecule has 0 atom stereocenters. The fourth-order valence-electron chi connectivity index (χ4n) is 3.27. The van der Waals surface area contributed by atoms with Crippen molar-refractivity contribution in [3.63, 3.8) is 0 Å². The first-order valence-corrected chi connectivity index (χ1v) is 9.79. The molecular formula is C21H19ClN2OS. The van der Waals surface area contributed by atoms with Crippen LogP contribution in [0.1, 0.15) is 17.4 Å². The lowest BCUT2D eigenvalue weighted by Gasteiger charge is -2.15. The predicted octanol–water partition coefficient (Wildman–Crippen LogP) is 5.59. The number of nitrogens with zero attached hydrogens (tertiary/aromatic N) is 1. The Kier molecular flexibility index (Phi) is 4.70. The number of nitrogens with one attached hydrogen (secondary N) is 1. The van der Waals surface area contributed by atoms with Crippen LogP contribution < -0.4 is 10.2 Å². The van der Waals surface area contributed by atoms with Crippen molar-refractivity contribution >= 4 is 40.2 Å². The molecule has 3 nitrogen and oxygen atoms in total. The van der Waals surface area contributed by atoms with E-state index in [-0.39, 0.29) is 5.91 Å². The van der Waals surface area contributed by atoms with Crippen molar-refractivity contribution in [2.75, 3.05) is 16.8 Å². The zero-order valence-corrected chi connectivity index (χ0v) is 16.0. The van der Waals surface area contributed by atoms with E-state index < -0.39 is 0 Å². The molecule has 0 saturated heterocycles. The maximum atomic E-state index is 11.6. The molecule has 0 aliphatic carbocycles. The van der Waals surface area contributed by atoms with Crippen LogP contribution >= 0.6 is 22.9 Å². The van der Waals surface area contributed by atoms with Crippen LogP contribution in [0.2, 0.25) is 5.02 Å². The van der Waals surface area contributed by atoms with Crippen LogP contribution in [-0.4, -0.2) is 12.5 Å². The van der Waals surface area contributed by atoms with E-state index >= 15 is 0 Å². The van der Waals surface area contributed by atoms with Crippen molar-refractivity contribution in [1.29, 1.82) is 0 Å². The number of benzene rings is 2. The molecule has 0 unspecified atom stereocenters. The van der Waals surface area contributed by atoms with Crippen molar-refractivity contribution in [1.82, 2.24) is 0 Å². The monoisotopic (exact) mass is 382 g/mol. The first kappa shape index (κ1) is 17.1. The molecular weight excluding hydrogens is 364 g/mol. The van der Waals surface area contributed by atoms with E-state index in [1.807, 2.05) is 41.3 Å². The van der Waals surface area contributed by atoms with Gasteiger partial charge in [0.05, 0.1) is 0 Å². The molecule has 0 spiro atoms. The largest absolute Gasteiger partial charge is 0.380 e. The van der Waals surface area contributed by atoms with E-state index in [1.165, 1.54) is 20.9 Å². The standard InChI is InChI=1S/C21H19ClN2OS/c1-14(25)24-11-10-16-12-18(6-8-20(16)24)23-13-19-7-9-21(26-19)15-2-4-17(22)5-3-15/h2-9,12,23H,10-11,13H2,1H3. The van der Waals surface area contributed by atoms with E-state index in [1.54, 1.807) is 18.3 Å². The number of fused-ring (bicyclic) bond motifs is 1. The topological polar surface area (TPSA) is 32.3 Å². The third-order valence-corrected chi connectivity index (χ3v) is 6.00. The normalized spacial score (nSPS) is 12.9. The molecule has 1 amide bonds. The Morgan fingerprint density at radius 3 is 2.73 bits per heavy atom. The molecule has 0 fully saturated rings. The van der Waals surface area contributed by atoms with Gasteiger partial charge in [-0.15, -0.1) is 11.3 Å². The van der Waals surface area contributed by atoms with Gasteiger partial charge in [-0.3, -0.25) is 4.79 Å². The summed E-state index contributed by atoms with van der Waals surface area (Å²) in [4.78, 5) is 16.0. The smallest absolute Gasteiger partial charge is 0.223 e. The fraction of sp³-hybridized carbons (Fsp3) is 0.190. The average Bonchev–Trinajstić information content (AvgIpc) is 3.27. The van der Waals surface area contributed by atoms with Crippen LogP contribution in [0.15, 0.2) is 54.6 Å². The van der Waals surface area contributed by atoms with Gasteiger partial charge in [-0.2, -0.15) is 0 Å². The molecule has 0 saturated carbocycles. The SMILES string of the molecule is CC(=O)N1CCc2cc(NCc3ccc(-c4ccc(Cl)cc4)s3)ccc21. The second kappa shape index (κ2) is 7.14. The highest BCUT2D eigenvalue weighted by Crippen LogP contribution is 2.32. The predicted molar refractivity (Wildman–Crippen MR) is 110 cm³/mol. The van der Waals surface area contributed by atoms with Crippen molar-refractivity contribution in [3.8, 4) is 10.4 Å². The van der Waals surface area contributed by atoms with Crippen molar-refractivity contribution < 1.29 is 4.79 Å². The minimum atomic E-state index is 0.109. The highest BCUT2D eigenvalue weighted by molar-refractivity contribution is 7.15. The summed E-state index contributed by atoms with van der Waals surface area (Å²) < 4.78 is 0. The Hall–Kier alpha value is -2.30. The maximum Gasteiger partial charge on any atom is 0.223 e. The van der Waals surface area contributed by atoms with Gasteiger partial charge in [-0.1, -0.05) is 23.7 Å². The Morgan fingerprint density at radius 1 is 1.15 bits per heavy atom. The van der Waals surface area contributed by atoms with Crippen molar-refractivity contribution in [2.45, 2.75) is 19.9 Å². The number of halogens is 1. The Labute approximate surface area is 162 Å². The third-order valence-electron chi connectivity index (χ3n) is 4.61. The van der Waals surface area contributed by atoms with Gasteiger partial charge >= 0.3 is 0 Å². The van der Waals surface area contributed by atoms with E-state index in [0.717, 1.165) is 35.9 Å². The number of thiophene rings is 1. The minimum Gasteiger partial charge on any atom is -0.380 e. The van der Waals surface area contributed by atoms with Crippen molar-refractivity contribution in [2.24, 2.45) is 0 Å². The summed E-state index contributed by atoms with van der Waals surface area (Å²) >= 11 is 7.74. The van der Waals surface area contributed by atoms with Gasteiger partial charge in [-0.05, 0) is 60.0 Å². The fourth-order valence-corrected chi connectivity index (χ4v) is 4.35. The molecule has 1 aliphatic rings. The van der Waals surface area contributed by atoms with Crippen molar-refractivity contribution in [3.05, 3.63) is 70.1 Å². The lowest BCUT2D eigenvalue weighted by Crippen LogP contribution is -2.25. The van der Waals surface area contributed by atoms with E-state index in [9.17, 15) is 4.79 Å². The average molecular weight is 383 g/mol. The molecule has 1 N–H and O–H groups in total. The van der Waals surface area contributed by atoms with Gasteiger partial charge in [-0.25, -0.2) is 0 Å². The van der Waals surface area contributed by atoms with Crippen LogP contribution in [-0.2, 0) is 17.8 Å². The van der Waals surface area contributed by atoms with Crippen LogP contribution in [0.25, 0.3) is 10.4 Å². The number of carbonyl (C=O) groups is 1. The van der Waals surface area contributed by atoms with E-state index in [2.05, 4.69) is 23.5 Å². The van der Waals surface area contributed by atoms with Gasteiger partial charge in [0, 0.05) is 46.2 Å². The van der Waals surface area contributed by atoms with Gasteiger partial charge < -0.3 is 10.2 Å². The molecule has 1 aromatic heterocycles. The maximum absolute atomic E-state index is 11.6. The van der Waals surface area contributed by atoms with Crippen LogP contribution in [0.4, 0.5) is 11.4 Å². The van der Waals surface area contributed by atoms with Gasteiger partial charge in [0.1, 0.15) is 0 Å². The number of rotatable bonds is 4. The summed E-state index contributed by atoms with van der Waals surface area (Å²) in [6.07, 6.45) is 0.921. The number of hydrogen-bond donors (Lipinski definition) is 1. The number of anilines is 2. The lowest BCUT2D eigenvalue weighted by molar-refractivity contribution is -0.116. The molecule has 1 aliphatic heterocycles. The number of carbonyl (C=O) groups excluding carboxylic acids is 1. The second-order valence-electron chi connectivity index (χ2n) is 6.39. The lowest BCUT2D eigenvalue weighted by atomic mass is 10.1. The molecule has 132 valence electrons. The molecule has 0 bridgehead atoms. The van der Waals surface area contributed by atoms with Gasteiger partial charge in [0.15, 0.2) is 0 Å². The molecule has 4 rings (SSSR count). The molecule has 2 aromatic carbocycles. The zero-order chi connectivity index (χ0) is 18.1. The summed E-state index contributed by atoms with van der Waals surface area (Å²) in [5.41, 5.74) is 4.56. The quantitative estimate of drug-likeness (QED) is 0.637. The summed E-state index contributed by atoms with van der Waals surface area (Å²) in [6, 6.07) is 18.5. The molecule has 0 radical (unpaired) electrons. The number of amides is 1. The van der Waals surface area contributed by atoms with Crippen LogP contribution in [0, 0.1) is 0 Å². The Bertz CT molecular complexity index is 949. The molecule has 5 heteroatoms. The summed E-state index contributed by atoms with van der Waals surface area (Å²) in [6.45, 7) is 3.19. The summed E-state index contributed by atoms with van der Waals surface area (Å²) in [7, 11) is 0. The first-order valence-electron chi connectivity index (χ1n) is 8.60. The highest BCUT2D eigenvalue weighted by atomic mass is 35.5. The van der Waals surface area contributed by atoms with Gasteiger partial charge in [0.25, 0.3) is 0 Å². The summed E-state index contributed by atoms with van der Waals surface area (Å²) in [5.74, 6) is 0.109. The van der Waals surface area contributed by atoms with E-state index in [0.29, 0.717) is 0 Å². The Morgan fingerprint density at radius 2 is 1.96 bits per heavy atom. The first-order chi connectivity index (χ1) is 12.6. The molecule has 2 heterocycles. The summed E-state index contributed by atoms with van der Waals surface area (Å²) in [5, 5.41) is 4.25. The second-order valence-corrected chi connectivity index (χ2v) is 8.00. The third kappa shape index (κ3) is 3.48. The Balaban J connectivity index is 1.44. The molecule has 3 aromatic rings.